The molecule has 126 valence electrons. The fraction of sp³-hybridized carbons (Fsp3) is 0.529. The van der Waals surface area contributed by atoms with E-state index in [9.17, 15) is 18.4 Å². The largest absolute Gasteiger partial charge is 0.452 e. The zero-order chi connectivity index (χ0) is 17.0. The Hall–Kier alpha value is -1.98. The van der Waals surface area contributed by atoms with Gasteiger partial charge in [-0.1, -0.05) is 26.7 Å². The molecule has 1 amide bonds. The molecule has 4 nitrogen and oxygen atoms in total. The second-order valence-corrected chi connectivity index (χ2v) is 6.14. The molecule has 1 aromatic rings. The molecule has 1 aliphatic carbocycles. The van der Waals surface area contributed by atoms with Gasteiger partial charge in [-0.3, -0.25) is 4.79 Å². The quantitative estimate of drug-likeness (QED) is 0.866. The van der Waals surface area contributed by atoms with Gasteiger partial charge in [-0.25, -0.2) is 13.6 Å². The van der Waals surface area contributed by atoms with Crippen LogP contribution in [0.25, 0.3) is 0 Å². The highest BCUT2D eigenvalue weighted by atomic mass is 19.1. The van der Waals surface area contributed by atoms with Crippen LogP contribution in [0.5, 0.6) is 0 Å². The van der Waals surface area contributed by atoms with E-state index in [-0.39, 0.29) is 11.6 Å². The van der Waals surface area contributed by atoms with Crippen molar-refractivity contribution in [2.75, 3.05) is 6.61 Å². The molecule has 2 rings (SSSR count). The van der Waals surface area contributed by atoms with Crippen LogP contribution in [0, 0.1) is 23.5 Å². The lowest BCUT2D eigenvalue weighted by Crippen LogP contribution is -2.45. The normalized spacial score (nSPS) is 24.1. The summed E-state index contributed by atoms with van der Waals surface area (Å²) >= 11 is 0. The lowest BCUT2D eigenvalue weighted by Gasteiger charge is -2.34. The van der Waals surface area contributed by atoms with Gasteiger partial charge in [0.25, 0.3) is 5.91 Å². The summed E-state index contributed by atoms with van der Waals surface area (Å²) in [6, 6.07) is 2.62. The predicted molar refractivity (Wildman–Crippen MR) is 80.8 cm³/mol. The Morgan fingerprint density at radius 1 is 1.26 bits per heavy atom. The van der Waals surface area contributed by atoms with Crippen molar-refractivity contribution in [3.8, 4) is 0 Å². The van der Waals surface area contributed by atoms with Gasteiger partial charge in [0.05, 0.1) is 5.56 Å². The van der Waals surface area contributed by atoms with E-state index in [4.69, 9.17) is 4.74 Å². The van der Waals surface area contributed by atoms with Gasteiger partial charge in [-0.2, -0.15) is 0 Å². The third kappa shape index (κ3) is 4.50. The van der Waals surface area contributed by atoms with E-state index in [1.807, 2.05) is 0 Å². The first-order valence-corrected chi connectivity index (χ1v) is 7.80. The van der Waals surface area contributed by atoms with Gasteiger partial charge in [0.1, 0.15) is 11.6 Å². The predicted octanol–water partition coefficient (Wildman–Crippen LogP) is 3.06. The maximum Gasteiger partial charge on any atom is 0.341 e. The Morgan fingerprint density at radius 3 is 2.70 bits per heavy atom. The highest BCUT2D eigenvalue weighted by molar-refractivity contribution is 5.91. The van der Waals surface area contributed by atoms with Gasteiger partial charge >= 0.3 is 5.97 Å². The first-order chi connectivity index (χ1) is 10.9. The molecule has 1 fully saturated rings. The summed E-state index contributed by atoms with van der Waals surface area (Å²) in [5.41, 5.74) is -0.390. The molecule has 1 saturated carbocycles. The Labute approximate surface area is 134 Å². The van der Waals surface area contributed by atoms with Crippen LogP contribution in [0.3, 0.4) is 0 Å². The molecule has 23 heavy (non-hydrogen) atoms. The van der Waals surface area contributed by atoms with Crippen LogP contribution < -0.4 is 5.32 Å². The topological polar surface area (TPSA) is 55.4 Å². The molecule has 0 spiro atoms. The van der Waals surface area contributed by atoms with Crippen LogP contribution in [0.2, 0.25) is 0 Å². The van der Waals surface area contributed by atoms with E-state index in [0.29, 0.717) is 17.9 Å². The number of halogens is 2. The van der Waals surface area contributed by atoms with Gasteiger partial charge in [0, 0.05) is 12.1 Å². The molecule has 3 unspecified atom stereocenters. The monoisotopic (exact) mass is 325 g/mol. The van der Waals surface area contributed by atoms with Gasteiger partial charge in [0.2, 0.25) is 0 Å². The number of amides is 1. The summed E-state index contributed by atoms with van der Waals surface area (Å²) in [7, 11) is 0. The number of rotatable bonds is 4. The van der Waals surface area contributed by atoms with E-state index in [2.05, 4.69) is 19.2 Å². The Kier molecular flexibility index (Phi) is 5.69. The fourth-order valence-corrected chi connectivity index (χ4v) is 2.90. The van der Waals surface area contributed by atoms with Gasteiger partial charge in [0.15, 0.2) is 6.61 Å². The average Bonchev–Trinajstić information content (AvgIpc) is 2.49. The third-order valence-electron chi connectivity index (χ3n) is 4.54. The molecule has 1 N–H and O–H groups in total. The van der Waals surface area contributed by atoms with Crippen molar-refractivity contribution in [2.24, 2.45) is 11.8 Å². The minimum absolute atomic E-state index is 0.0625. The summed E-state index contributed by atoms with van der Waals surface area (Å²) in [5.74, 6) is -2.29. The molecular weight excluding hydrogens is 304 g/mol. The summed E-state index contributed by atoms with van der Waals surface area (Å²) in [4.78, 5) is 23.6. The highest BCUT2D eigenvalue weighted by Crippen LogP contribution is 2.29. The van der Waals surface area contributed by atoms with Crippen molar-refractivity contribution in [1.29, 1.82) is 0 Å². The molecule has 0 aromatic heterocycles. The van der Waals surface area contributed by atoms with Crippen molar-refractivity contribution in [2.45, 2.75) is 39.2 Å². The van der Waals surface area contributed by atoms with Gasteiger partial charge < -0.3 is 10.1 Å². The molecule has 3 atom stereocenters. The van der Waals surface area contributed by atoms with Crippen LogP contribution in [0.15, 0.2) is 18.2 Å². The number of benzene rings is 1. The van der Waals surface area contributed by atoms with Crippen molar-refractivity contribution < 1.29 is 23.1 Å². The van der Waals surface area contributed by atoms with Crippen LogP contribution in [-0.4, -0.2) is 24.5 Å². The fourth-order valence-electron chi connectivity index (χ4n) is 2.90. The second-order valence-electron chi connectivity index (χ2n) is 6.14. The van der Waals surface area contributed by atoms with Crippen LogP contribution in [0.1, 0.15) is 43.5 Å². The number of carbonyl (C=O) groups is 2. The molecule has 1 aliphatic rings. The van der Waals surface area contributed by atoms with E-state index >= 15 is 0 Å². The maximum absolute atomic E-state index is 13.5. The first-order valence-electron chi connectivity index (χ1n) is 7.80. The number of hydrogen-bond acceptors (Lipinski definition) is 3. The zero-order valence-corrected chi connectivity index (χ0v) is 13.3. The average molecular weight is 325 g/mol. The van der Waals surface area contributed by atoms with E-state index in [1.54, 1.807) is 0 Å². The first kappa shape index (κ1) is 17.4. The zero-order valence-electron chi connectivity index (χ0n) is 13.3. The van der Waals surface area contributed by atoms with E-state index in [0.717, 1.165) is 31.4 Å². The van der Waals surface area contributed by atoms with Crippen LogP contribution >= 0.6 is 0 Å². The number of ether oxygens (including phenoxy) is 1. The number of nitrogens with one attached hydrogen (secondary N) is 1. The van der Waals surface area contributed by atoms with E-state index in [1.165, 1.54) is 0 Å². The summed E-state index contributed by atoms with van der Waals surface area (Å²) in [5, 5.41) is 2.86. The van der Waals surface area contributed by atoms with Crippen molar-refractivity contribution in [3.05, 3.63) is 35.4 Å². The number of esters is 1. The summed E-state index contributed by atoms with van der Waals surface area (Å²) in [6.45, 7) is 3.77. The molecule has 0 saturated heterocycles. The van der Waals surface area contributed by atoms with Gasteiger partial charge in [-0.15, -0.1) is 0 Å². The molecule has 0 bridgehead atoms. The van der Waals surface area contributed by atoms with Crippen molar-refractivity contribution in [1.82, 2.24) is 5.32 Å². The highest BCUT2D eigenvalue weighted by Gasteiger charge is 2.28. The van der Waals surface area contributed by atoms with Crippen LogP contribution in [0.4, 0.5) is 8.78 Å². The lowest BCUT2D eigenvalue weighted by molar-refractivity contribution is -0.125. The SMILES string of the molecule is CC1CCCC(NC(=O)COC(=O)c2ccc(F)cc2F)C1C. The maximum atomic E-state index is 13.5. The van der Waals surface area contributed by atoms with Crippen molar-refractivity contribution >= 4 is 11.9 Å². The molecule has 6 heteroatoms. The smallest absolute Gasteiger partial charge is 0.341 e. The summed E-state index contributed by atoms with van der Waals surface area (Å²) in [6.07, 6.45) is 3.10. The number of hydrogen-bond donors (Lipinski definition) is 1. The number of carbonyl (C=O) groups excluding carboxylic acids is 2. The van der Waals surface area contributed by atoms with Crippen molar-refractivity contribution in [3.63, 3.8) is 0 Å². The standard InChI is InChI=1S/C17H21F2NO3/c1-10-4-3-5-15(11(10)2)20-16(21)9-23-17(22)13-7-6-12(18)8-14(13)19/h6-8,10-11,15H,3-5,9H2,1-2H3,(H,20,21). The lowest BCUT2D eigenvalue weighted by atomic mass is 9.78. The molecule has 0 heterocycles. The molecule has 1 aromatic carbocycles. The van der Waals surface area contributed by atoms with Crippen LogP contribution in [-0.2, 0) is 9.53 Å². The third-order valence-corrected chi connectivity index (χ3v) is 4.54. The minimum atomic E-state index is -1.01. The second kappa shape index (κ2) is 7.53. The molecule has 0 aliphatic heterocycles. The van der Waals surface area contributed by atoms with E-state index < -0.39 is 30.1 Å². The molecule has 0 radical (unpaired) electrons. The molecular formula is C17H21F2NO3. The summed E-state index contributed by atoms with van der Waals surface area (Å²) < 4.78 is 31.0. The van der Waals surface area contributed by atoms with Gasteiger partial charge in [-0.05, 0) is 30.4 Å². The Bertz CT molecular complexity index is 591. The minimum Gasteiger partial charge on any atom is -0.452 e. The Morgan fingerprint density at radius 2 is 2.00 bits per heavy atom. The Balaban J connectivity index is 1.85.